The van der Waals surface area contributed by atoms with Crippen LogP contribution in [0.2, 0.25) is 0 Å². The third kappa shape index (κ3) is 5.15. The quantitative estimate of drug-likeness (QED) is 0.595. The first-order chi connectivity index (χ1) is 7.03. The van der Waals surface area contributed by atoms with E-state index in [9.17, 15) is 8.42 Å². The zero-order valence-corrected chi connectivity index (χ0v) is 10.5. The van der Waals surface area contributed by atoms with Crippen molar-refractivity contribution in [3.63, 3.8) is 0 Å². The van der Waals surface area contributed by atoms with Gasteiger partial charge in [-0.05, 0) is 45.2 Å². The predicted molar refractivity (Wildman–Crippen MR) is 60.4 cm³/mol. The van der Waals surface area contributed by atoms with Crippen LogP contribution in [0, 0.1) is 5.92 Å². The molecule has 1 aliphatic rings. The molecule has 0 aliphatic carbocycles. The van der Waals surface area contributed by atoms with Crippen LogP contribution in [-0.4, -0.2) is 32.8 Å². The second-order valence-electron chi connectivity index (χ2n) is 4.02. The number of nitrogens with one attached hydrogen (secondary N) is 1. The molecule has 0 bridgehead atoms. The van der Waals surface area contributed by atoms with Crippen LogP contribution >= 0.6 is 11.6 Å². The fraction of sp³-hybridized carbons (Fsp3) is 1.00. The van der Waals surface area contributed by atoms with Crippen molar-refractivity contribution in [3.05, 3.63) is 0 Å². The average Bonchev–Trinajstić information content (AvgIpc) is 2.18. The first-order valence-corrected chi connectivity index (χ1v) is 7.32. The molecule has 0 spiro atoms. The van der Waals surface area contributed by atoms with Gasteiger partial charge in [0.25, 0.3) is 10.1 Å². The molecule has 4 nitrogen and oxygen atoms in total. The molecule has 1 fully saturated rings. The van der Waals surface area contributed by atoms with E-state index in [0.29, 0.717) is 5.92 Å². The van der Waals surface area contributed by atoms with Crippen LogP contribution in [0.1, 0.15) is 26.2 Å². The summed E-state index contributed by atoms with van der Waals surface area (Å²) < 4.78 is 27.1. The third-order valence-corrected chi connectivity index (χ3v) is 4.20. The fourth-order valence-electron chi connectivity index (χ4n) is 1.91. The highest BCUT2D eigenvalue weighted by Gasteiger charge is 2.20. The molecule has 0 aromatic carbocycles. The maximum Gasteiger partial charge on any atom is 0.281 e. The highest BCUT2D eigenvalue weighted by molar-refractivity contribution is 7.87. The van der Waals surface area contributed by atoms with Crippen molar-refractivity contribution in [2.75, 3.05) is 18.3 Å². The molecule has 2 atom stereocenters. The van der Waals surface area contributed by atoms with Crippen LogP contribution in [0.15, 0.2) is 0 Å². The van der Waals surface area contributed by atoms with E-state index >= 15 is 0 Å². The molecule has 1 saturated heterocycles. The molecule has 1 rings (SSSR count). The van der Waals surface area contributed by atoms with Gasteiger partial charge < -0.3 is 5.32 Å². The normalized spacial score (nSPS) is 25.1. The minimum absolute atomic E-state index is 0.279. The van der Waals surface area contributed by atoms with E-state index in [1.165, 1.54) is 0 Å². The van der Waals surface area contributed by atoms with Crippen LogP contribution in [-0.2, 0) is 14.3 Å². The van der Waals surface area contributed by atoms with Crippen molar-refractivity contribution >= 4 is 21.7 Å². The highest BCUT2D eigenvalue weighted by atomic mass is 35.5. The molecular weight excluding hydrogens is 238 g/mol. The van der Waals surface area contributed by atoms with Gasteiger partial charge in [-0.2, -0.15) is 8.42 Å². The lowest BCUT2D eigenvalue weighted by Crippen LogP contribution is -2.32. The molecule has 0 saturated carbocycles. The van der Waals surface area contributed by atoms with Crippen molar-refractivity contribution in [1.82, 2.24) is 5.32 Å². The Morgan fingerprint density at radius 2 is 2.33 bits per heavy atom. The Hall–Kier alpha value is 0.160. The van der Waals surface area contributed by atoms with E-state index in [0.717, 1.165) is 32.4 Å². The first-order valence-electron chi connectivity index (χ1n) is 5.21. The summed E-state index contributed by atoms with van der Waals surface area (Å²) in [5, 5.41) is 2.81. The van der Waals surface area contributed by atoms with Gasteiger partial charge in [-0.15, -0.1) is 11.6 Å². The number of hydrogen-bond donors (Lipinski definition) is 1. The van der Waals surface area contributed by atoms with Crippen molar-refractivity contribution in [3.8, 4) is 0 Å². The largest absolute Gasteiger partial charge is 0.316 e. The van der Waals surface area contributed by atoms with E-state index < -0.39 is 15.3 Å². The van der Waals surface area contributed by atoms with Crippen molar-refractivity contribution < 1.29 is 12.6 Å². The zero-order chi connectivity index (χ0) is 11.3. The molecule has 0 amide bonds. The second kappa shape index (κ2) is 6.03. The van der Waals surface area contributed by atoms with Gasteiger partial charge in [-0.25, -0.2) is 0 Å². The molecule has 0 radical (unpaired) electrons. The molecule has 1 N–H and O–H groups in total. The molecule has 0 aromatic rings. The summed E-state index contributed by atoms with van der Waals surface area (Å²) in [5.74, 6) is 0.513. The van der Waals surface area contributed by atoms with Crippen molar-refractivity contribution in [1.29, 1.82) is 0 Å². The van der Waals surface area contributed by atoms with Gasteiger partial charge in [0.05, 0.1) is 6.10 Å². The number of piperidine rings is 1. The van der Waals surface area contributed by atoms with Crippen LogP contribution in [0.5, 0.6) is 0 Å². The molecule has 1 aliphatic heterocycles. The maximum absolute atomic E-state index is 11.1. The van der Waals surface area contributed by atoms with Crippen molar-refractivity contribution in [2.24, 2.45) is 5.92 Å². The Labute approximate surface area is 96.5 Å². The van der Waals surface area contributed by atoms with Gasteiger partial charge in [-0.3, -0.25) is 4.18 Å². The smallest absolute Gasteiger partial charge is 0.281 e. The monoisotopic (exact) mass is 255 g/mol. The summed E-state index contributed by atoms with van der Waals surface area (Å²) in [5.41, 5.74) is 0. The summed E-state index contributed by atoms with van der Waals surface area (Å²) in [6.45, 7) is 3.79. The zero-order valence-electron chi connectivity index (χ0n) is 8.91. The fourth-order valence-corrected chi connectivity index (χ4v) is 2.69. The Morgan fingerprint density at radius 1 is 1.60 bits per heavy atom. The molecule has 2 unspecified atom stereocenters. The van der Waals surface area contributed by atoms with Crippen LogP contribution < -0.4 is 5.32 Å². The molecule has 6 heteroatoms. The highest BCUT2D eigenvalue weighted by Crippen LogP contribution is 2.18. The third-order valence-electron chi connectivity index (χ3n) is 2.51. The van der Waals surface area contributed by atoms with E-state index in [4.69, 9.17) is 15.8 Å². The van der Waals surface area contributed by atoms with E-state index in [2.05, 4.69) is 5.32 Å². The van der Waals surface area contributed by atoms with Crippen LogP contribution in [0.4, 0.5) is 0 Å². The molecule has 90 valence electrons. The standard InChI is InChI=1S/C9H18ClNO3S/c1-8(14-15(12,13)7-10)5-9-3-2-4-11-6-9/h8-9,11H,2-7H2,1H3. The van der Waals surface area contributed by atoms with Crippen LogP contribution in [0.25, 0.3) is 0 Å². The lowest BCUT2D eigenvalue weighted by Gasteiger charge is -2.25. The number of rotatable bonds is 5. The van der Waals surface area contributed by atoms with Crippen LogP contribution in [0.3, 0.4) is 0 Å². The Kier molecular flexibility index (Phi) is 5.32. The topological polar surface area (TPSA) is 55.4 Å². The molecule has 15 heavy (non-hydrogen) atoms. The predicted octanol–water partition coefficient (Wildman–Crippen LogP) is 1.31. The number of halogens is 1. The Morgan fingerprint density at radius 3 is 2.87 bits per heavy atom. The van der Waals surface area contributed by atoms with Gasteiger partial charge in [0.2, 0.25) is 0 Å². The van der Waals surface area contributed by atoms with Gasteiger partial charge in [0.1, 0.15) is 5.21 Å². The minimum Gasteiger partial charge on any atom is -0.316 e. The van der Waals surface area contributed by atoms with Crippen molar-refractivity contribution in [2.45, 2.75) is 32.3 Å². The number of alkyl halides is 1. The van der Waals surface area contributed by atoms with E-state index in [-0.39, 0.29) is 6.10 Å². The van der Waals surface area contributed by atoms with Gasteiger partial charge in [-0.1, -0.05) is 0 Å². The lowest BCUT2D eigenvalue weighted by molar-refractivity contribution is 0.181. The average molecular weight is 256 g/mol. The summed E-state index contributed by atoms with van der Waals surface area (Å²) in [6, 6.07) is 0. The van der Waals surface area contributed by atoms with Gasteiger partial charge >= 0.3 is 0 Å². The van der Waals surface area contributed by atoms with Gasteiger partial charge in [0, 0.05) is 0 Å². The molecular formula is C9H18ClNO3S. The first kappa shape index (κ1) is 13.2. The molecule has 0 aromatic heterocycles. The summed E-state index contributed by atoms with van der Waals surface area (Å²) in [6.07, 6.45) is 2.78. The lowest BCUT2D eigenvalue weighted by atomic mass is 9.94. The number of hydrogen-bond acceptors (Lipinski definition) is 4. The molecule has 1 heterocycles. The minimum atomic E-state index is -3.52. The Balaban J connectivity index is 2.31. The summed E-state index contributed by atoms with van der Waals surface area (Å²) in [4.78, 5) is 0. The van der Waals surface area contributed by atoms with E-state index in [1.807, 2.05) is 0 Å². The summed E-state index contributed by atoms with van der Waals surface area (Å²) >= 11 is 5.25. The summed E-state index contributed by atoms with van der Waals surface area (Å²) in [7, 11) is -3.52. The second-order valence-corrected chi connectivity index (χ2v) is 6.20. The Bertz CT molecular complexity index is 275. The SMILES string of the molecule is CC(CC1CCCNC1)OS(=O)(=O)CCl. The maximum atomic E-state index is 11.1. The van der Waals surface area contributed by atoms with E-state index in [1.54, 1.807) is 6.92 Å². The van der Waals surface area contributed by atoms with Gasteiger partial charge in [0.15, 0.2) is 0 Å².